The number of hydrogen-bond acceptors (Lipinski definition) is 6. The zero-order valence-electron chi connectivity index (χ0n) is 14.7. The Labute approximate surface area is 160 Å². The smallest absolute Gasteiger partial charge is 0.140 e. The van der Waals surface area contributed by atoms with Gasteiger partial charge in [0.25, 0.3) is 0 Å². The minimum Gasteiger partial charge on any atom is -0.465 e. The molecule has 0 aromatic carbocycles. The molecule has 0 saturated carbocycles. The Bertz CT molecular complexity index is 1060. The topological polar surface area (TPSA) is 80.0 Å². The van der Waals surface area contributed by atoms with Gasteiger partial charge in [-0.25, -0.2) is 4.98 Å². The van der Waals surface area contributed by atoms with Crippen LogP contribution in [-0.2, 0) is 11.2 Å². The van der Waals surface area contributed by atoms with Crippen LogP contribution >= 0.6 is 11.8 Å². The maximum atomic E-state index is 11.5. The lowest BCUT2D eigenvalue weighted by atomic mass is 10.00. The Morgan fingerprint density at radius 3 is 2.78 bits per heavy atom. The summed E-state index contributed by atoms with van der Waals surface area (Å²) in [7, 11) is 0. The van der Waals surface area contributed by atoms with Gasteiger partial charge in [0.2, 0.25) is 0 Å². The van der Waals surface area contributed by atoms with Crippen molar-refractivity contribution >= 4 is 29.2 Å². The Balaban J connectivity index is 1.91. The molecule has 3 aromatic rings. The Hall–Kier alpha value is -3.04. The van der Waals surface area contributed by atoms with Gasteiger partial charge in [-0.3, -0.25) is 4.79 Å². The number of pyridine rings is 1. The Kier molecular flexibility index (Phi) is 4.69. The van der Waals surface area contributed by atoms with Gasteiger partial charge in [-0.05, 0) is 61.2 Å². The summed E-state index contributed by atoms with van der Waals surface area (Å²) >= 11 is 1.29. The summed E-state index contributed by atoms with van der Waals surface area (Å²) in [6.07, 6.45) is 6.80. The molecule has 27 heavy (non-hydrogen) atoms. The molecule has 4 rings (SSSR count). The largest absolute Gasteiger partial charge is 0.465 e. The molecular formula is C21H16N2O3S. The maximum Gasteiger partial charge on any atom is 0.140 e. The predicted molar refractivity (Wildman–Crippen MR) is 103 cm³/mol. The maximum absolute atomic E-state index is 11.5. The zero-order valence-corrected chi connectivity index (χ0v) is 15.5. The summed E-state index contributed by atoms with van der Waals surface area (Å²) in [5.41, 5.74) is 4.16. The highest BCUT2D eigenvalue weighted by Gasteiger charge is 2.28. The number of carbonyl (C=O) groups excluding carboxylic acids is 1. The molecule has 0 atom stereocenters. The van der Waals surface area contributed by atoms with Crippen molar-refractivity contribution in [1.29, 1.82) is 5.26 Å². The number of hydrogen-bond donors (Lipinski definition) is 0. The molecular weight excluding hydrogens is 360 g/mol. The van der Waals surface area contributed by atoms with Crippen molar-refractivity contribution in [1.82, 2.24) is 4.98 Å². The van der Waals surface area contributed by atoms with E-state index in [1.165, 1.54) is 18.7 Å². The number of nitrogens with zero attached hydrogens (tertiary/aromatic N) is 2. The molecule has 0 spiro atoms. The van der Waals surface area contributed by atoms with E-state index in [1.807, 2.05) is 24.3 Å². The first-order chi connectivity index (χ1) is 13.2. The van der Waals surface area contributed by atoms with Crippen LogP contribution in [0.1, 0.15) is 35.9 Å². The van der Waals surface area contributed by atoms with E-state index in [2.05, 4.69) is 6.07 Å². The van der Waals surface area contributed by atoms with E-state index < -0.39 is 0 Å². The highest BCUT2D eigenvalue weighted by Crippen LogP contribution is 2.43. The number of allylic oxidation sites excluding steroid dienone is 1. The second-order valence-electron chi connectivity index (χ2n) is 6.26. The molecule has 0 fully saturated rings. The fraction of sp³-hybridized carbons (Fsp3) is 0.190. The van der Waals surface area contributed by atoms with Crippen LogP contribution in [0.15, 0.2) is 50.7 Å². The highest BCUT2D eigenvalue weighted by atomic mass is 32.2. The van der Waals surface area contributed by atoms with Gasteiger partial charge in [0.05, 0.1) is 29.5 Å². The monoisotopic (exact) mass is 376 g/mol. The van der Waals surface area contributed by atoms with Crippen LogP contribution in [0.3, 0.4) is 0 Å². The fourth-order valence-corrected chi connectivity index (χ4v) is 4.03. The first-order valence-corrected chi connectivity index (χ1v) is 9.53. The molecule has 0 radical (unpaired) electrons. The van der Waals surface area contributed by atoms with Gasteiger partial charge in [0.1, 0.15) is 28.4 Å². The standard InChI is InChI=1S/C21H16N2O3S/c1-13(24)12-27-21-17(11-22)19(18-5-3-9-26-18)16-7-6-14(20(16)23-21)10-15-4-2-8-25-15/h2-5,8-10H,6-7,12H2,1H3. The van der Waals surface area contributed by atoms with E-state index in [0.29, 0.717) is 16.3 Å². The van der Waals surface area contributed by atoms with Gasteiger partial charge in [-0.1, -0.05) is 11.8 Å². The molecule has 0 amide bonds. The molecule has 1 aliphatic rings. The van der Waals surface area contributed by atoms with E-state index in [-0.39, 0.29) is 11.5 Å². The molecule has 5 nitrogen and oxygen atoms in total. The van der Waals surface area contributed by atoms with Crippen LogP contribution in [0, 0.1) is 11.3 Å². The Morgan fingerprint density at radius 2 is 2.11 bits per heavy atom. The number of rotatable bonds is 5. The average molecular weight is 376 g/mol. The van der Waals surface area contributed by atoms with E-state index >= 15 is 0 Å². The number of nitriles is 1. The van der Waals surface area contributed by atoms with Crippen LogP contribution in [0.2, 0.25) is 0 Å². The van der Waals surface area contributed by atoms with E-state index in [1.54, 1.807) is 18.6 Å². The van der Waals surface area contributed by atoms with Crippen molar-refractivity contribution in [2.24, 2.45) is 0 Å². The number of thioether (sulfide) groups is 1. The van der Waals surface area contributed by atoms with Crippen molar-refractivity contribution in [3.05, 3.63) is 59.4 Å². The third kappa shape index (κ3) is 3.34. The summed E-state index contributed by atoms with van der Waals surface area (Å²) in [6, 6.07) is 9.67. The van der Waals surface area contributed by atoms with Crippen LogP contribution in [0.5, 0.6) is 0 Å². The van der Waals surface area contributed by atoms with Crippen molar-refractivity contribution < 1.29 is 13.6 Å². The van der Waals surface area contributed by atoms with Crippen molar-refractivity contribution in [2.45, 2.75) is 24.8 Å². The van der Waals surface area contributed by atoms with Crippen LogP contribution in [0.4, 0.5) is 0 Å². The molecule has 3 aromatic heterocycles. The average Bonchev–Trinajstić information content (AvgIpc) is 3.41. The summed E-state index contributed by atoms with van der Waals surface area (Å²) in [5.74, 6) is 1.72. The normalized spacial score (nSPS) is 14.3. The van der Waals surface area contributed by atoms with Gasteiger partial charge >= 0.3 is 0 Å². The molecule has 1 aliphatic carbocycles. The quantitative estimate of drug-likeness (QED) is 0.585. The molecule has 0 bridgehead atoms. The third-order valence-corrected chi connectivity index (χ3v) is 5.48. The van der Waals surface area contributed by atoms with E-state index in [0.717, 1.165) is 41.0 Å². The summed E-state index contributed by atoms with van der Waals surface area (Å²) in [4.78, 5) is 16.2. The molecule has 3 heterocycles. The van der Waals surface area contributed by atoms with Crippen molar-refractivity contribution in [3.63, 3.8) is 0 Å². The summed E-state index contributed by atoms with van der Waals surface area (Å²) in [6.45, 7) is 1.53. The number of carbonyl (C=O) groups is 1. The van der Waals surface area contributed by atoms with Crippen LogP contribution in [-0.4, -0.2) is 16.5 Å². The van der Waals surface area contributed by atoms with Gasteiger partial charge in [-0.2, -0.15) is 5.26 Å². The lowest BCUT2D eigenvalue weighted by Crippen LogP contribution is -2.02. The number of aromatic nitrogens is 1. The minimum absolute atomic E-state index is 0.0390. The molecule has 134 valence electrons. The Morgan fingerprint density at radius 1 is 1.30 bits per heavy atom. The molecule has 0 unspecified atom stereocenters. The number of ketones is 1. The third-order valence-electron chi connectivity index (χ3n) is 4.36. The first-order valence-electron chi connectivity index (χ1n) is 8.55. The molecule has 0 saturated heterocycles. The molecule has 0 N–H and O–H groups in total. The second kappa shape index (κ2) is 7.29. The van der Waals surface area contributed by atoms with Gasteiger partial charge in [0.15, 0.2) is 0 Å². The van der Waals surface area contributed by atoms with Crippen LogP contribution in [0.25, 0.3) is 23.0 Å². The van der Waals surface area contributed by atoms with E-state index in [9.17, 15) is 10.1 Å². The van der Waals surface area contributed by atoms with Gasteiger partial charge < -0.3 is 8.83 Å². The second-order valence-corrected chi connectivity index (χ2v) is 7.22. The van der Waals surface area contributed by atoms with Gasteiger partial charge in [-0.15, -0.1) is 0 Å². The first kappa shape index (κ1) is 17.4. The van der Waals surface area contributed by atoms with Crippen LogP contribution < -0.4 is 0 Å². The number of furan rings is 2. The van der Waals surface area contributed by atoms with Crippen molar-refractivity contribution in [3.8, 4) is 17.4 Å². The lowest BCUT2D eigenvalue weighted by molar-refractivity contribution is -0.114. The number of fused-ring (bicyclic) bond motifs is 1. The summed E-state index contributed by atoms with van der Waals surface area (Å²) < 4.78 is 11.1. The number of Topliss-reactive ketones (excluding diaryl/α,β-unsaturated/α-hetero) is 1. The predicted octanol–water partition coefficient (Wildman–Crippen LogP) is 4.97. The lowest BCUT2D eigenvalue weighted by Gasteiger charge is -2.12. The molecule has 0 aliphatic heterocycles. The van der Waals surface area contributed by atoms with E-state index in [4.69, 9.17) is 13.8 Å². The SMILES string of the molecule is CC(=O)CSc1nc2c(c(-c3ccco3)c1C#N)CCC2=Cc1ccco1. The minimum atomic E-state index is 0.0390. The molecule has 6 heteroatoms. The highest BCUT2D eigenvalue weighted by molar-refractivity contribution is 8.00. The summed E-state index contributed by atoms with van der Waals surface area (Å²) in [5, 5.41) is 10.4. The van der Waals surface area contributed by atoms with Gasteiger partial charge in [0, 0.05) is 5.56 Å². The fourth-order valence-electron chi connectivity index (χ4n) is 3.24. The van der Waals surface area contributed by atoms with Crippen molar-refractivity contribution in [2.75, 3.05) is 5.75 Å². The zero-order chi connectivity index (χ0) is 18.8.